The zero-order chi connectivity index (χ0) is 14.8. The third-order valence-corrected chi connectivity index (χ3v) is 3.60. The summed E-state index contributed by atoms with van der Waals surface area (Å²) in [5, 5.41) is 3.46. The van der Waals surface area contributed by atoms with Gasteiger partial charge in [-0.05, 0) is 32.0 Å². The Morgan fingerprint density at radius 1 is 1.10 bits per heavy atom. The standard InChI is InChI=1S/C18H19NO2/c1-12(2)21-18-10-6-4-8-14(18)16-11-17(20)13-7-3-5-9-15(13)19-16/h3-10,12,16,19H,11H2,1-2H3. The second-order valence-electron chi connectivity index (χ2n) is 5.57. The van der Waals surface area contributed by atoms with Crippen LogP contribution in [-0.4, -0.2) is 11.9 Å². The average molecular weight is 281 g/mol. The van der Waals surface area contributed by atoms with Crippen LogP contribution in [0.2, 0.25) is 0 Å². The predicted molar refractivity (Wildman–Crippen MR) is 84.0 cm³/mol. The number of carbonyl (C=O) groups excluding carboxylic acids is 1. The summed E-state index contributed by atoms with van der Waals surface area (Å²) in [5.41, 5.74) is 2.71. The Balaban J connectivity index is 1.94. The van der Waals surface area contributed by atoms with Crippen molar-refractivity contribution in [3.05, 3.63) is 59.7 Å². The normalized spacial score (nSPS) is 17.3. The smallest absolute Gasteiger partial charge is 0.167 e. The Morgan fingerprint density at radius 2 is 1.81 bits per heavy atom. The van der Waals surface area contributed by atoms with Crippen LogP contribution in [0.4, 0.5) is 5.69 Å². The Kier molecular flexibility index (Phi) is 3.65. The van der Waals surface area contributed by atoms with Crippen molar-refractivity contribution >= 4 is 11.5 Å². The largest absolute Gasteiger partial charge is 0.491 e. The summed E-state index contributed by atoms with van der Waals surface area (Å²) in [4.78, 5) is 12.3. The van der Waals surface area contributed by atoms with Gasteiger partial charge in [0.2, 0.25) is 0 Å². The fourth-order valence-corrected chi connectivity index (χ4v) is 2.70. The summed E-state index contributed by atoms with van der Waals surface area (Å²) >= 11 is 0. The maximum Gasteiger partial charge on any atom is 0.167 e. The van der Waals surface area contributed by atoms with E-state index in [-0.39, 0.29) is 17.9 Å². The molecule has 0 aromatic heterocycles. The van der Waals surface area contributed by atoms with Crippen molar-refractivity contribution in [2.24, 2.45) is 0 Å². The molecule has 0 fully saturated rings. The molecule has 0 aliphatic carbocycles. The lowest BCUT2D eigenvalue weighted by Crippen LogP contribution is -2.23. The molecule has 1 heterocycles. The highest BCUT2D eigenvalue weighted by molar-refractivity contribution is 6.03. The van der Waals surface area contributed by atoms with Crippen LogP contribution in [-0.2, 0) is 0 Å². The second kappa shape index (κ2) is 5.60. The minimum Gasteiger partial charge on any atom is -0.491 e. The highest BCUT2D eigenvalue weighted by Crippen LogP contribution is 2.36. The summed E-state index contributed by atoms with van der Waals surface area (Å²) in [6.45, 7) is 4.01. The van der Waals surface area contributed by atoms with E-state index >= 15 is 0 Å². The van der Waals surface area contributed by atoms with Gasteiger partial charge in [0.05, 0.1) is 12.1 Å². The average Bonchev–Trinajstić information content (AvgIpc) is 2.47. The zero-order valence-electron chi connectivity index (χ0n) is 12.3. The fraction of sp³-hybridized carbons (Fsp3) is 0.278. The van der Waals surface area contributed by atoms with E-state index in [1.54, 1.807) is 0 Å². The van der Waals surface area contributed by atoms with Crippen LogP contribution < -0.4 is 10.1 Å². The monoisotopic (exact) mass is 281 g/mol. The third kappa shape index (κ3) is 2.77. The number of hydrogen-bond donors (Lipinski definition) is 1. The van der Waals surface area contributed by atoms with Crippen molar-refractivity contribution in [2.45, 2.75) is 32.4 Å². The SMILES string of the molecule is CC(C)Oc1ccccc1C1CC(=O)c2ccccc2N1. The van der Waals surface area contributed by atoms with Gasteiger partial charge in [0.1, 0.15) is 5.75 Å². The molecular formula is C18H19NO2. The first-order valence-electron chi connectivity index (χ1n) is 7.29. The number of nitrogens with one attached hydrogen (secondary N) is 1. The van der Waals surface area contributed by atoms with Crippen LogP contribution >= 0.6 is 0 Å². The second-order valence-corrected chi connectivity index (χ2v) is 5.57. The van der Waals surface area contributed by atoms with Gasteiger partial charge in [0, 0.05) is 23.2 Å². The molecule has 0 bridgehead atoms. The van der Waals surface area contributed by atoms with Crippen molar-refractivity contribution in [2.75, 3.05) is 5.32 Å². The first kappa shape index (κ1) is 13.7. The number of rotatable bonds is 3. The van der Waals surface area contributed by atoms with E-state index in [0.717, 1.165) is 22.6 Å². The van der Waals surface area contributed by atoms with Gasteiger partial charge in [0.15, 0.2) is 5.78 Å². The Bertz CT molecular complexity index is 664. The van der Waals surface area contributed by atoms with E-state index in [2.05, 4.69) is 5.32 Å². The van der Waals surface area contributed by atoms with Crippen molar-refractivity contribution < 1.29 is 9.53 Å². The highest BCUT2D eigenvalue weighted by Gasteiger charge is 2.27. The molecular weight excluding hydrogens is 262 g/mol. The molecule has 1 N–H and O–H groups in total. The minimum absolute atomic E-state index is 0.0395. The molecule has 3 heteroatoms. The zero-order valence-corrected chi connectivity index (χ0v) is 12.3. The molecule has 3 nitrogen and oxygen atoms in total. The first-order valence-corrected chi connectivity index (χ1v) is 7.29. The number of fused-ring (bicyclic) bond motifs is 1. The number of benzene rings is 2. The summed E-state index contributed by atoms with van der Waals surface area (Å²) in [6, 6.07) is 15.5. The molecule has 108 valence electrons. The third-order valence-electron chi connectivity index (χ3n) is 3.60. The van der Waals surface area contributed by atoms with Gasteiger partial charge in [0.25, 0.3) is 0 Å². The molecule has 1 aliphatic heterocycles. The number of ketones is 1. The summed E-state index contributed by atoms with van der Waals surface area (Å²) in [5.74, 6) is 1.02. The van der Waals surface area contributed by atoms with Crippen LogP contribution in [0, 0.1) is 0 Å². The van der Waals surface area contributed by atoms with Crippen LogP contribution in [0.1, 0.15) is 42.2 Å². The number of para-hydroxylation sites is 2. The Hall–Kier alpha value is -2.29. The van der Waals surface area contributed by atoms with Crippen molar-refractivity contribution in [1.29, 1.82) is 0 Å². The molecule has 0 amide bonds. The molecule has 2 aromatic carbocycles. The van der Waals surface area contributed by atoms with Gasteiger partial charge in [-0.15, -0.1) is 0 Å². The molecule has 21 heavy (non-hydrogen) atoms. The first-order chi connectivity index (χ1) is 10.1. The van der Waals surface area contributed by atoms with E-state index < -0.39 is 0 Å². The fourth-order valence-electron chi connectivity index (χ4n) is 2.70. The molecule has 0 spiro atoms. The summed E-state index contributed by atoms with van der Waals surface area (Å²) < 4.78 is 5.87. The van der Waals surface area contributed by atoms with E-state index in [0.29, 0.717) is 6.42 Å². The van der Waals surface area contributed by atoms with Crippen molar-refractivity contribution in [1.82, 2.24) is 0 Å². The predicted octanol–water partition coefficient (Wildman–Crippen LogP) is 4.21. The molecule has 1 aliphatic rings. The van der Waals surface area contributed by atoms with Crippen LogP contribution in [0.25, 0.3) is 0 Å². The Labute approximate surface area is 124 Å². The van der Waals surface area contributed by atoms with Crippen LogP contribution in [0.3, 0.4) is 0 Å². The van der Waals surface area contributed by atoms with Gasteiger partial charge < -0.3 is 10.1 Å². The minimum atomic E-state index is -0.0395. The number of carbonyl (C=O) groups is 1. The molecule has 0 saturated carbocycles. The number of Topliss-reactive ketones (excluding diaryl/α,β-unsaturated/α-hetero) is 1. The van der Waals surface area contributed by atoms with Gasteiger partial charge in [-0.25, -0.2) is 0 Å². The lowest BCUT2D eigenvalue weighted by molar-refractivity contribution is 0.0972. The van der Waals surface area contributed by atoms with Crippen molar-refractivity contribution in [3.63, 3.8) is 0 Å². The molecule has 3 rings (SSSR count). The van der Waals surface area contributed by atoms with E-state index in [9.17, 15) is 4.79 Å². The van der Waals surface area contributed by atoms with Gasteiger partial charge >= 0.3 is 0 Å². The van der Waals surface area contributed by atoms with E-state index in [1.165, 1.54) is 0 Å². The number of anilines is 1. The van der Waals surface area contributed by atoms with Crippen molar-refractivity contribution in [3.8, 4) is 5.75 Å². The summed E-state index contributed by atoms with van der Waals surface area (Å²) in [7, 11) is 0. The van der Waals surface area contributed by atoms with Crippen LogP contribution in [0.5, 0.6) is 5.75 Å². The van der Waals surface area contributed by atoms with Gasteiger partial charge in [-0.2, -0.15) is 0 Å². The van der Waals surface area contributed by atoms with Crippen LogP contribution in [0.15, 0.2) is 48.5 Å². The quantitative estimate of drug-likeness (QED) is 0.915. The molecule has 1 unspecified atom stereocenters. The number of ether oxygens (including phenoxy) is 1. The summed E-state index contributed by atoms with van der Waals surface area (Å²) in [6.07, 6.45) is 0.563. The molecule has 1 atom stereocenters. The number of hydrogen-bond acceptors (Lipinski definition) is 3. The lowest BCUT2D eigenvalue weighted by atomic mass is 9.92. The van der Waals surface area contributed by atoms with Gasteiger partial charge in [-0.1, -0.05) is 30.3 Å². The van der Waals surface area contributed by atoms with Gasteiger partial charge in [-0.3, -0.25) is 4.79 Å². The lowest BCUT2D eigenvalue weighted by Gasteiger charge is -2.28. The Morgan fingerprint density at radius 3 is 2.62 bits per heavy atom. The maximum absolute atomic E-state index is 12.3. The van der Waals surface area contributed by atoms with E-state index in [1.807, 2.05) is 62.4 Å². The molecule has 2 aromatic rings. The molecule has 0 radical (unpaired) electrons. The van der Waals surface area contributed by atoms with E-state index in [4.69, 9.17) is 4.74 Å². The topological polar surface area (TPSA) is 38.3 Å². The maximum atomic E-state index is 12.3. The highest BCUT2D eigenvalue weighted by atomic mass is 16.5. The molecule has 0 saturated heterocycles.